The summed E-state index contributed by atoms with van der Waals surface area (Å²) in [5.74, 6) is 1.48. The lowest BCUT2D eigenvalue weighted by Gasteiger charge is -2.03. The third-order valence-corrected chi connectivity index (χ3v) is 4.16. The van der Waals surface area contributed by atoms with Crippen LogP contribution in [-0.4, -0.2) is 28.5 Å². The van der Waals surface area contributed by atoms with Crippen LogP contribution in [0, 0.1) is 0 Å². The van der Waals surface area contributed by atoms with E-state index in [-0.39, 0.29) is 5.56 Å². The number of aromatic amines is 2. The predicted octanol–water partition coefficient (Wildman–Crippen LogP) is 2.95. The Labute approximate surface area is 143 Å². The maximum Gasteiger partial charge on any atom is 0.271 e. The number of aliphatic imine (C=N–C) groups is 1. The molecule has 0 saturated carbocycles. The highest BCUT2D eigenvalue weighted by molar-refractivity contribution is 6.20. The molecule has 1 aromatic carbocycles. The Morgan fingerprint density at radius 1 is 1.16 bits per heavy atom. The van der Waals surface area contributed by atoms with E-state index >= 15 is 0 Å². The van der Waals surface area contributed by atoms with Crippen molar-refractivity contribution in [1.82, 2.24) is 15.2 Å². The smallest absolute Gasteiger partial charge is 0.271 e. The Bertz CT molecular complexity index is 1030. The molecule has 0 saturated heterocycles. The molecule has 1 aliphatic heterocycles. The van der Waals surface area contributed by atoms with Crippen LogP contribution in [0.1, 0.15) is 22.4 Å². The van der Waals surface area contributed by atoms with Crippen LogP contribution in [0.15, 0.2) is 52.4 Å². The van der Waals surface area contributed by atoms with Gasteiger partial charge in [0.2, 0.25) is 0 Å². The topological polar surface area (TPSA) is 83.1 Å². The molecular formula is C19H16N4O2. The molecule has 2 aromatic heterocycles. The normalized spacial score (nSPS) is 14.0. The number of benzene rings is 1. The summed E-state index contributed by atoms with van der Waals surface area (Å²) in [5, 5.41) is 5.64. The highest BCUT2D eigenvalue weighted by atomic mass is 16.5. The minimum Gasteiger partial charge on any atom is -0.497 e. The number of methoxy groups -OCH3 is 1. The lowest BCUT2D eigenvalue weighted by atomic mass is 10.0. The van der Waals surface area contributed by atoms with E-state index < -0.39 is 0 Å². The second-order valence-corrected chi connectivity index (χ2v) is 5.73. The molecule has 6 nitrogen and oxygen atoms in total. The number of nitrogens with zero attached hydrogens (tertiary/aromatic N) is 2. The Kier molecular flexibility index (Phi) is 3.78. The van der Waals surface area contributed by atoms with Gasteiger partial charge in [0.25, 0.3) is 5.56 Å². The number of ether oxygens (including phenoxy) is 1. The number of fused-ring (bicyclic) bond motifs is 1. The molecule has 0 atom stereocenters. The van der Waals surface area contributed by atoms with E-state index in [2.05, 4.69) is 20.2 Å². The first-order valence-corrected chi connectivity index (χ1v) is 7.88. The number of rotatable bonds is 4. The van der Waals surface area contributed by atoms with E-state index in [0.29, 0.717) is 17.8 Å². The van der Waals surface area contributed by atoms with Gasteiger partial charge in [-0.1, -0.05) is 12.1 Å². The van der Waals surface area contributed by atoms with E-state index in [0.717, 1.165) is 28.1 Å². The van der Waals surface area contributed by atoms with Gasteiger partial charge in [0, 0.05) is 35.7 Å². The first-order valence-electron chi connectivity index (χ1n) is 7.88. The Balaban J connectivity index is 1.68. The van der Waals surface area contributed by atoms with Crippen molar-refractivity contribution in [3.63, 3.8) is 0 Å². The molecule has 0 spiro atoms. The number of hydrogen-bond acceptors (Lipinski definition) is 4. The van der Waals surface area contributed by atoms with Crippen LogP contribution in [-0.2, 0) is 6.42 Å². The lowest BCUT2D eigenvalue weighted by Crippen LogP contribution is -2.03. The Hall–Kier alpha value is -3.41. The fraction of sp³-hybridized carbons (Fsp3) is 0.105. The monoisotopic (exact) mass is 332 g/mol. The summed E-state index contributed by atoms with van der Waals surface area (Å²) < 4.78 is 5.18. The highest BCUT2D eigenvalue weighted by Crippen LogP contribution is 2.30. The molecule has 1 aliphatic rings. The molecule has 0 bridgehead atoms. The van der Waals surface area contributed by atoms with E-state index in [1.807, 2.05) is 42.5 Å². The third-order valence-electron chi connectivity index (χ3n) is 4.16. The third kappa shape index (κ3) is 2.89. The van der Waals surface area contributed by atoms with Gasteiger partial charge in [-0.25, -0.2) is 9.98 Å². The molecule has 0 aliphatic carbocycles. The van der Waals surface area contributed by atoms with E-state index in [9.17, 15) is 4.79 Å². The van der Waals surface area contributed by atoms with E-state index in [4.69, 9.17) is 4.74 Å². The molecule has 3 aromatic rings. The van der Waals surface area contributed by atoms with E-state index in [1.54, 1.807) is 19.5 Å². The van der Waals surface area contributed by atoms with Crippen LogP contribution >= 0.6 is 0 Å². The second-order valence-electron chi connectivity index (χ2n) is 5.73. The second kappa shape index (κ2) is 6.24. The standard InChI is InChI=1S/C19H16N4O2/c1-25-14-6-4-12(5-7-14)9-17-16(19(24)23-22-17)10-13-11-21-18-15(13)3-2-8-20-18/h2-8,10-11H,9H2,1H3,(H2,22,23,24)/b13-10-. The number of aromatic nitrogens is 3. The molecule has 25 heavy (non-hydrogen) atoms. The summed E-state index contributed by atoms with van der Waals surface area (Å²) in [7, 11) is 1.64. The molecule has 3 heterocycles. The van der Waals surface area contributed by atoms with Gasteiger partial charge in [-0.3, -0.25) is 9.89 Å². The number of hydrogen-bond donors (Lipinski definition) is 2. The van der Waals surface area contributed by atoms with Crippen molar-refractivity contribution in [2.24, 2.45) is 4.99 Å². The summed E-state index contributed by atoms with van der Waals surface area (Å²) >= 11 is 0. The molecule has 124 valence electrons. The Morgan fingerprint density at radius 3 is 2.80 bits per heavy atom. The van der Waals surface area contributed by atoms with Gasteiger partial charge in [-0.2, -0.15) is 0 Å². The minimum atomic E-state index is -0.151. The van der Waals surface area contributed by atoms with E-state index in [1.165, 1.54) is 0 Å². The fourth-order valence-electron chi connectivity index (χ4n) is 2.84. The van der Waals surface area contributed by atoms with Crippen molar-refractivity contribution < 1.29 is 4.74 Å². The first-order chi connectivity index (χ1) is 12.2. The summed E-state index contributed by atoms with van der Waals surface area (Å²) in [6, 6.07) is 11.6. The van der Waals surface area contributed by atoms with Crippen LogP contribution in [0.4, 0.5) is 5.82 Å². The fourth-order valence-corrected chi connectivity index (χ4v) is 2.84. The molecule has 0 radical (unpaired) electrons. The zero-order valence-electron chi connectivity index (χ0n) is 13.6. The van der Waals surface area contributed by atoms with Crippen LogP contribution < -0.4 is 10.3 Å². The molecule has 0 amide bonds. The van der Waals surface area contributed by atoms with Crippen LogP contribution in [0.5, 0.6) is 5.75 Å². The quantitative estimate of drug-likeness (QED) is 0.770. The van der Waals surface area contributed by atoms with Gasteiger partial charge in [0.1, 0.15) is 5.75 Å². The molecule has 6 heteroatoms. The molecule has 0 fully saturated rings. The summed E-state index contributed by atoms with van der Waals surface area (Å²) in [4.78, 5) is 20.7. The van der Waals surface area contributed by atoms with Gasteiger partial charge in [0.15, 0.2) is 5.82 Å². The zero-order valence-corrected chi connectivity index (χ0v) is 13.6. The predicted molar refractivity (Wildman–Crippen MR) is 97.5 cm³/mol. The van der Waals surface area contributed by atoms with Crippen LogP contribution in [0.3, 0.4) is 0 Å². The summed E-state index contributed by atoms with van der Waals surface area (Å²) in [6.07, 6.45) is 5.91. The molecular weight excluding hydrogens is 316 g/mol. The number of H-pyrrole nitrogens is 2. The maximum atomic E-state index is 12.2. The van der Waals surface area contributed by atoms with Crippen LogP contribution in [0.2, 0.25) is 0 Å². The van der Waals surface area contributed by atoms with Gasteiger partial charge in [-0.05, 0) is 35.9 Å². The average molecular weight is 332 g/mol. The lowest BCUT2D eigenvalue weighted by molar-refractivity contribution is 0.414. The number of nitrogens with one attached hydrogen (secondary N) is 2. The largest absolute Gasteiger partial charge is 0.497 e. The zero-order chi connectivity index (χ0) is 17.2. The van der Waals surface area contributed by atoms with Crippen molar-refractivity contribution in [3.8, 4) is 5.75 Å². The number of allylic oxidation sites excluding steroid dienone is 1. The highest BCUT2D eigenvalue weighted by Gasteiger charge is 2.15. The van der Waals surface area contributed by atoms with Gasteiger partial charge in [0.05, 0.1) is 12.7 Å². The minimum absolute atomic E-state index is 0.151. The van der Waals surface area contributed by atoms with Crippen molar-refractivity contribution >= 4 is 23.7 Å². The van der Waals surface area contributed by atoms with Gasteiger partial charge >= 0.3 is 0 Å². The van der Waals surface area contributed by atoms with Crippen molar-refractivity contribution in [2.75, 3.05) is 7.11 Å². The van der Waals surface area contributed by atoms with Crippen molar-refractivity contribution in [2.45, 2.75) is 6.42 Å². The Morgan fingerprint density at radius 2 is 2.00 bits per heavy atom. The average Bonchev–Trinajstić information content (AvgIpc) is 3.21. The SMILES string of the molecule is COc1ccc(Cc2[nH][nH]c(=O)c2/C=C2/C=Nc3ncccc32)cc1. The van der Waals surface area contributed by atoms with Crippen molar-refractivity contribution in [1.29, 1.82) is 0 Å². The van der Waals surface area contributed by atoms with Gasteiger partial charge < -0.3 is 9.84 Å². The first kappa shape index (κ1) is 15.1. The van der Waals surface area contributed by atoms with Crippen molar-refractivity contribution in [3.05, 3.63) is 75.3 Å². The summed E-state index contributed by atoms with van der Waals surface area (Å²) in [5.41, 5.74) is 4.17. The molecule has 4 rings (SSSR count). The van der Waals surface area contributed by atoms with Crippen LogP contribution in [0.25, 0.3) is 11.6 Å². The summed E-state index contributed by atoms with van der Waals surface area (Å²) in [6.45, 7) is 0. The maximum absolute atomic E-state index is 12.2. The number of pyridine rings is 1. The molecule has 0 unspecified atom stereocenters. The molecule has 2 N–H and O–H groups in total. The van der Waals surface area contributed by atoms with Gasteiger partial charge in [-0.15, -0.1) is 0 Å².